The number of hydrogen-bond donors (Lipinski definition) is 1. The molecule has 10 heteroatoms. The van der Waals surface area contributed by atoms with Crippen LogP contribution in [0.4, 0.5) is 13.2 Å². The lowest BCUT2D eigenvalue weighted by Gasteiger charge is -2.35. The zero-order chi connectivity index (χ0) is 18.1. The number of aliphatic hydroxyl groups excluding tert-OH is 1. The zero-order valence-electron chi connectivity index (χ0n) is 12.7. The van der Waals surface area contributed by atoms with Crippen molar-refractivity contribution < 1.29 is 36.2 Å². The molecule has 1 N–H and O–H groups in total. The Balaban J connectivity index is 2.35. The third-order valence-electron chi connectivity index (χ3n) is 3.79. The Morgan fingerprint density at radius 3 is 2.38 bits per heavy atom. The molecule has 0 bridgehead atoms. The first-order valence-electron chi connectivity index (χ1n) is 7.02. The number of piperidine rings is 1. The Morgan fingerprint density at radius 1 is 1.29 bits per heavy atom. The summed E-state index contributed by atoms with van der Waals surface area (Å²) in [6, 6.07) is 1.80. The highest BCUT2D eigenvalue weighted by Gasteiger charge is 2.41. The summed E-state index contributed by atoms with van der Waals surface area (Å²) in [4.78, 5) is 11.4. The quantitative estimate of drug-likeness (QED) is 0.817. The van der Waals surface area contributed by atoms with E-state index < -0.39 is 39.9 Å². The molecule has 1 aliphatic rings. The van der Waals surface area contributed by atoms with Crippen molar-refractivity contribution in [3.05, 3.63) is 29.8 Å². The average Bonchev–Trinajstić information content (AvgIpc) is 2.53. The Labute approximate surface area is 136 Å². The molecule has 1 aromatic rings. The molecule has 1 aromatic carbocycles. The number of sulfonamides is 1. The van der Waals surface area contributed by atoms with Crippen molar-refractivity contribution in [1.82, 2.24) is 4.31 Å². The molecule has 0 saturated carbocycles. The van der Waals surface area contributed by atoms with Crippen molar-refractivity contribution in [3.8, 4) is 0 Å². The number of methoxy groups -OCH3 is 1. The van der Waals surface area contributed by atoms with E-state index in [4.69, 9.17) is 0 Å². The van der Waals surface area contributed by atoms with Gasteiger partial charge in [-0.25, -0.2) is 8.42 Å². The fraction of sp³-hybridized carbons (Fsp3) is 0.500. The smallest absolute Gasteiger partial charge is 0.416 e. The van der Waals surface area contributed by atoms with Crippen molar-refractivity contribution in [1.29, 1.82) is 0 Å². The van der Waals surface area contributed by atoms with Gasteiger partial charge in [-0.15, -0.1) is 0 Å². The molecule has 1 aliphatic heterocycles. The number of carbonyl (C=O) groups is 1. The van der Waals surface area contributed by atoms with E-state index >= 15 is 0 Å². The first-order chi connectivity index (χ1) is 11.1. The Morgan fingerprint density at radius 2 is 1.88 bits per heavy atom. The van der Waals surface area contributed by atoms with Crippen molar-refractivity contribution in [2.45, 2.75) is 36.1 Å². The predicted octanol–water partition coefficient (Wildman–Crippen LogP) is 1.39. The third kappa shape index (κ3) is 3.70. The average molecular weight is 367 g/mol. The molecule has 0 unspecified atom stereocenters. The van der Waals surface area contributed by atoms with Gasteiger partial charge in [-0.1, -0.05) is 0 Å². The van der Waals surface area contributed by atoms with Crippen molar-refractivity contribution in [2.24, 2.45) is 0 Å². The molecule has 0 amide bonds. The maximum absolute atomic E-state index is 12.6. The van der Waals surface area contributed by atoms with E-state index in [1.54, 1.807) is 0 Å². The van der Waals surface area contributed by atoms with Crippen LogP contribution in [-0.2, 0) is 25.7 Å². The summed E-state index contributed by atoms with van der Waals surface area (Å²) in [6.07, 6.45) is -5.44. The normalized spacial score (nSPS) is 23.0. The van der Waals surface area contributed by atoms with Gasteiger partial charge in [0.15, 0.2) is 0 Å². The minimum atomic E-state index is -4.58. The number of carbonyl (C=O) groups excluding carboxylic acids is 1. The van der Waals surface area contributed by atoms with Gasteiger partial charge in [0.1, 0.15) is 6.04 Å². The van der Waals surface area contributed by atoms with Crippen LogP contribution in [0.15, 0.2) is 29.2 Å². The van der Waals surface area contributed by atoms with Gasteiger partial charge >= 0.3 is 12.1 Å². The highest BCUT2D eigenvalue weighted by Crippen LogP contribution is 2.31. The van der Waals surface area contributed by atoms with E-state index in [0.29, 0.717) is 12.1 Å². The maximum Gasteiger partial charge on any atom is 0.416 e. The van der Waals surface area contributed by atoms with Crippen molar-refractivity contribution in [2.75, 3.05) is 13.7 Å². The monoisotopic (exact) mass is 367 g/mol. The Bertz CT molecular complexity index is 702. The number of benzene rings is 1. The molecule has 0 spiro atoms. The summed E-state index contributed by atoms with van der Waals surface area (Å²) in [6.45, 7) is -0.135. The third-order valence-corrected chi connectivity index (χ3v) is 5.71. The fourth-order valence-corrected chi connectivity index (χ4v) is 4.12. The molecule has 0 radical (unpaired) electrons. The summed E-state index contributed by atoms with van der Waals surface area (Å²) >= 11 is 0. The van der Waals surface area contributed by atoms with Gasteiger partial charge in [0.05, 0.1) is 23.7 Å². The second kappa shape index (κ2) is 6.69. The van der Waals surface area contributed by atoms with Gasteiger partial charge in [-0.3, -0.25) is 4.79 Å². The van der Waals surface area contributed by atoms with Crippen LogP contribution >= 0.6 is 0 Å². The molecule has 134 valence electrons. The van der Waals surface area contributed by atoms with Crippen molar-refractivity contribution >= 4 is 16.0 Å². The van der Waals surface area contributed by atoms with Gasteiger partial charge in [-0.05, 0) is 30.7 Å². The van der Waals surface area contributed by atoms with Gasteiger partial charge in [-0.2, -0.15) is 17.5 Å². The molecule has 2 rings (SSSR count). The Hall–Kier alpha value is -1.65. The Kier molecular flexibility index (Phi) is 5.21. The number of rotatable bonds is 3. The topological polar surface area (TPSA) is 83.9 Å². The lowest BCUT2D eigenvalue weighted by Crippen LogP contribution is -2.51. The molecule has 6 nitrogen and oxygen atoms in total. The van der Waals surface area contributed by atoms with Crippen LogP contribution in [0, 0.1) is 0 Å². The van der Waals surface area contributed by atoms with Crippen LogP contribution < -0.4 is 0 Å². The first kappa shape index (κ1) is 18.7. The van der Waals surface area contributed by atoms with Gasteiger partial charge < -0.3 is 9.84 Å². The molecular formula is C14H16F3NO5S. The van der Waals surface area contributed by atoms with Crippen LogP contribution in [-0.4, -0.2) is 49.6 Å². The molecule has 24 heavy (non-hydrogen) atoms. The number of halogens is 3. The standard InChI is InChI=1S/C14H16F3NO5S/c1-23-13(20)12-8-10(19)6-7-18(12)24(21,22)11-4-2-9(3-5-11)14(15,16)17/h2-5,10,12,19H,6-8H2,1H3/t10-,12+/m0/s1. The summed E-state index contributed by atoms with van der Waals surface area (Å²) in [5.74, 6) is -0.829. The molecule has 0 aromatic heterocycles. The summed E-state index contributed by atoms with van der Waals surface area (Å²) in [5.41, 5.74) is -0.972. The second-order valence-electron chi connectivity index (χ2n) is 5.36. The van der Waals surface area contributed by atoms with Crippen molar-refractivity contribution in [3.63, 3.8) is 0 Å². The SMILES string of the molecule is COC(=O)[C@H]1C[C@@H](O)CCN1S(=O)(=O)c1ccc(C(F)(F)F)cc1. The lowest BCUT2D eigenvalue weighted by atomic mass is 10.0. The predicted molar refractivity (Wildman–Crippen MR) is 76.4 cm³/mol. The highest BCUT2D eigenvalue weighted by atomic mass is 32.2. The van der Waals surface area contributed by atoms with Crippen LogP contribution in [0.5, 0.6) is 0 Å². The van der Waals surface area contributed by atoms with Gasteiger partial charge in [0, 0.05) is 13.0 Å². The van der Waals surface area contributed by atoms with Gasteiger partial charge in [0.25, 0.3) is 0 Å². The van der Waals surface area contributed by atoms with Crippen LogP contribution in [0.25, 0.3) is 0 Å². The fourth-order valence-electron chi connectivity index (χ4n) is 2.51. The number of nitrogens with zero attached hydrogens (tertiary/aromatic N) is 1. The molecule has 2 atom stereocenters. The van der Waals surface area contributed by atoms with Crippen LogP contribution in [0.1, 0.15) is 18.4 Å². The van der Waals surface area contributed by atoms with E-state index in [0.717, 1.165) is 23.5 Å². The summed E-state index contributed by atoms with van der Waals surface area (Å²) < 4.78 is 68.4. The van der Waals surface area contributed by atoms with E-state index in [2.05, 4.69) is 4.74 Å². The van der Waals surface area contributed by atoms with Gasteiger partial charge in [0.2, 0.25) is 10.0 Å². The zero-order valence-corrected chi connectivity index (χ0v) is 13.5. The number of ether oxygens (including phenoxy) is 1. The number of esters is 1. The summed E-state index contributed by atoms with van der Waals surface area (Å²) in [5, 5.41) is 9.65. The lowest BCUT2D eigenvalue weighted by molar-refractivity contribution is -0.147. The number of alkyl halides is 3. The van der Waals surface area contributed by atoms with Crippen LogP contribution in [0.3, 0.4) is 0 Å². The van der Waals surface area contributed by atoms with E-state index in [9.17, 15) is 31.5 Å². The first-order valence-corrected chi connectivity index (χ1v) is 8.46. The minimum absolute atomic E-state index is 0.118. The summed E-state index contributed by atoms with van der Waals surface area (Å²) in [7, 11) is -3.11. The van der Waals surface area contributed by atoms with Crippen LogP contribution in [0.2, 0.25) is 0 Å². The van der Waals surface area contributed by atoms with E-state index in [-0.39, 0.29) is 24.3 Å². The largest absolute Gasteiger partial charge is 0.468 e. The molecular weight excluding hydrogens is 351 g/mol. The number of aliphatic hydroxyl groups is 1. The number of hydrogen-bond acceptors (Lipinski definition) is 5. The highest BCUT2D eigenvalue weighted by molar-refractivity contribution is 7.89. The molecule has 0 aliphatic carbocycles. The molecule has 1 fully saturated rings. The minimum Gasteiger partial charge on any atom is -0.468 e. The maximum atomic E-state index is 12.6. The molecule has 1 heterocycles. The van der Waals surface area contributed by atoms with E-state index in [1.807, 2.05) is 0 Å². The molecule has 1 saturated heterocycles. The second-order valence-corrected chi connectivity index (χ2v) is 7.25. The van der Waals surface area contributed by atoms with E-state index in [1.165, 1.54) is 0 Å².